The Hall–Kier alpha value is -1.36. The topological polar surface area (TPSA) is 49.8 Å². The number of thiophene rings is 1. The van der Waals surface area contributed by atoms with Crippen molar-refractivity contribution in [1.29, 1.82) is 0 Å². The molecule has 2 aromatic heterocycles. The highest BCUT2D eigenvalue weighted by Crippen LogP contribution is 2.47. The maximum Gasteiger partial charge on any atom is 0.226 e. The first-order chi connectivity index (χ1) is 9.10. The number of nitrogens with one attached hydrogen (secondary N) is 2. The summed E-state index contributed by atoms with van der Waals surface area (Å²) in [5, 5.41) is 10.1. The highest BCUT2D eigenvalue weighted by molar-refractivity contribution is 7.16. The number of anilines is 2. The Kier molecular flexibility index (Phi) is 3.09. The Morgan fingerprint density at radius 1 is 1.42 bits per heavy atom. The third kappa shape index (κ3) is 2.52. The lowest BCUT2D eigenvalue weighted by molar-refractivity contribution is 0.630. The molecule has 5 heteroatoms. The van der Waals surface area contributed by atoms with Crippen LogP contribution in [0.15, 0.2) is 11.4 Å². The van der Waals surface area contributed by atoms with Gasteiger partial charge in [0.1, 0.15) is 10.6 Å². The van der Waals surface area contributed by atoms with Crippen LogP contribution < -0.4 is 10.6 Å². The second-order valence-electron chi connectivity index (χ2n) is 5.85. The van der Waals surface area contributed by atoms with Gasteiger partial charge in [0, 0.05) is 12.6 Å². The van der Waals surface area contributed by atoms with E-state index >= 15 is 0 Å². The summed E-state index contributed by atoms with van der Waals surface area (Å²) in [5.41, 5.74) is 0.393. The highest BCUT2D eigenvalue weighted by Gasteiger charge is 2.46. The molecule has 0 bridgehead atoms. The minimum Gasteiger partial charge on any atom is -0.366 e. The zero-order valence-electron chi connectivity index (χ0n) is 11.7. The van der Waals surface area contributed by atoms with Crippen LogP contribution in [0.4, 0.5) is 11.8 Å². The van der Waals surface area contributed by atoms with Crippen molar-refractivity contribution < 1.29 is 0 Å². The molecule has 19 heavy (non-hydrogen) atoms. The second-order valence-corrected chi connectivity index (χ2v) is 6.75. The largest absolute Gasteiger partial charge is 0.366 e. The number of aromatic nitrogens is 2. The molecule has 0 aromatic carbocycles. The molecule has 4 nitrogen and oxygen atoms in total. The van der Waals surface area contributed by atoms with Gasteiger partial charge < -0.3 is 10.6 Å². The van der Waals surface area contributed by atoms with Crippen LogP contribution in [0, 0.1) is 5.41 Å². The second kappa shape index (κ2) is 4.63. The van der Waals surface area contributed by atoms with Crippen LogP contribution in [-0.2, 0) is 0 Å². The lowest BCUT2D eigenvalue weighted by Crippen LogP contribution is -2.12. The zero-order valence-corrected chi connectivity index (χ0v) is 12.5. The fourth-order valence-electron chi connectivity index (χ4n) is 2.16. The highest BCUT2D eigenvalue weighted by atomic mass is 32.1. The first kappa shape index (κ1) is 12.7. The minimum atomic E-state index is 0.393. The molecule has 0 aliphatic heterocycles. The van der Waals surface area contributed by atoms with Crippen molar-refractivity contribution in [2.45, 2.75) is 39.7 Å². The van der Waals surface area contributed by atoms with Gasteiger partial charge in [-0.1, -0.05) is 20.8 Å². The van der Waals surface area contributed by atoms with Crippen LogP contribution in [0.2, 0.25) is 0 Å². The molecule has 1 saturated carbocycles. The summed E-state index contributed by atoms with van der Waals surface area (Å²) in [5.74, 6) is 1.71. The monoisotopic (exact) mass is 276 g/mol. The van der Waals surface area contributed by atoms with Crippen LogP contribution in [-0.4, -0.2) is 22.6 Å². The van der Waals surface area contributed by atoms with Crippen molar-refractivity contribution in [3.05, 3.63) is 11.4 Å². The van der Waals surface area contributed by atoms with E-state index in [2.05, 4.69) is 52.8 Å². The lowest BCUT2D eigenvalue weighted by atomic mass is 10.2. The number of nitrogens with zero attached hydrogens (tertiary/aromatic N) is 2. The first-order valence-corrected chi connectivity index (χ1v) is 7.74. The van der Waals surface area contributed by atoms with Crippen LogP contribution in [0.1, 0.15) is 33.6 Å². The fraction of sp³-hybridized carbons (Fsp3) is 0.571. The maximum atomic E-state index is 4.63. The molecular weight excluding hydrogens is 256 g/mol. The predicted octanol–water partition coefficient (Wildman–Crippen LogP) is 3.72. The Morgan fingerprint density at radius 3 is 2.89 bits per heavy atom. The molecule has 1 atom stereocenters. The zero-order chi connectivity index (χ0) is 13.5. The van der Waals surface area contributed by atoms with E-state index in [0.717, 1.165) is 34.9 Å². The van der Waals surface area contributed by atoms with Crippen LogP contribution in [0.3, 0.4) is 0 Å². The molecule has 1 unspecified atom stereocenters. The average Bonchev–Trinajstić information content (AvgIpc) is 2.78. The molecule has 102 valence electrons. The van der Waals surface area contributed by atoms with E-state index in [1.54, 1.807) is 11.3 Å². The molecular formula is C14H20N4S. The summed E-state index contributed by atoms with van der Waals surface area (Å²) in [7, 11) is 0. The van der Waals surface area contributed by atoms with Gasteiger partial charge in [-0.2, -0.15) is 4.98 Å². The Morgan fingerprint density at radius 2 is 2.21 bits per heavy atom. The fourth-order valence-corrected chi connectivity index (χ4v) is 2.92. The van der Waals surface area contributed by atoms with Crippen molar-refractivity contribution in [1.82, 2.24) is 9.97 Å². The molecule has 0 amide bonds. The molecule has 3 rings (SSSR count). The SMILES string of the molecule is CCCNc1nc(NC2CC2(C)C)c2ccsc2n1. The molecule has 1 fully saturated rings. The van der Waals surface area contributed by atoms with Crippen LogP contribution in [0.25, 0.3) is 10.2 Å². The molecule has 0 radical (unpaired) electrons. The minimum absolute atomic E-state index is 0.393. The normalized spacial score (nSPS) is 20.5. The molecule has 2 heterocycles. The van der Waals surface area contributed by atoms with Gasteiger partial charge in [0.05, 0.1) is 5.39 Å². The van der Waals surface area contributed by atoms with Gasteiger partial charge in [0.2, 0.25) is 5.95 Å². The van der Waals surface area contributed by atoms with Crippen LogP contribution >= 0.6 is 11.3 Å². The Bertz CT molecular complexity index is 590. The maximum absolute atomic E-state index is 4.63. The van der Waals surface area contributed by atoms with Gasteiger partial charge in [-0.25, -0.2) is 4.98 Å². The van der Waals surface area contributed by atoms with Gasteiger partial charge in [-0.05, 0) is 29.7 Å². The van der Waals surface area contributed by atoms with Gasteiger partial charge in [-0.3, -0.25) is 0 Å². The quantitative estimate of drug-likeness (QED) is 0.873. The number of hydrogen-bond acceptors (Lipinski definition) is 5. The summed E-state index contributed by atoms with van der Waals surface area (Å²) in [6.07, 6.45) is 2.28. The van der Waals surface area contributed by atoms with Crippen molar-refractivity contribution in [3.63, 3.8) is 0 Å². The standard InChI is InChI=1S/C14H20N4S/c1-4-6-15-13-17-11(16-10-8-14(10,2)3)9-5-7-19-12(9)18-13/h5,7,10H,4,6,8H2,1-3H3,(H2,15,16,17,18). The molecule has 1 aliphatic rings. The van der Waals surface area contributed by atoms with Gasteiger partial charge in [-0.15, -0.1) is 11.3 Å². The molecule has 2 N–H and O–H groups in total. The van der Waals surface area contributed by atoms with Gasteiger partial charge in [0.15, 0.2) is 0 Å². The van der Waals surface area contributed by atoms with E-state index in [9.17, 15) is 0 Å². The smallest absolute Gasteiger partial charge is 0.226 e. The summed E-state index contributed by atoms with van der Waals surface area (Å²) in [6.45, 7) is 7.62. The summed E-state index contributed by atoms with van der Waals surface area (Å²) < 4.78 is 0. The number of hydrogen-bond donors (Lipinski definition) is 2. The number of rotatable bonds is 5. The van der Waals surface area contributed by atoms with Crippen molar-refractivity contribution in [3.8, 4) is 0 Å². The van der Waals surface area contributed by atoms with Gasteiger partial charge in [0.25, 0.3) is 0 Å². The lowest BCUT2D eigenvalue weighted by Gasteiger charge is -2.10. The Labute approximate surface area is 117 Å². The summed E-state index contributed by atoms with van der Waals surface area (Å²) in [4.78, 5) is 10.2. The van der Waals surface area contributed by atoms with E-state index < -0.39 is 0 Å². The van der Waals surface area contributed by atoms with Crippen molar-refractivity contribution in [2.24, 2.45) is 5.41 Å². The molecule has 2 aromatic rings. The average molecular weight is 276 g/mol. The van der Waals surface area contributed by atoms with E-state index in [-0.39, 0.29) is 0 Å². The molecule has 0 spiro atoms. The van der Waals surface area contributed by atoms with Crippen LogP contribution in [0.5, 0.6) is 0 Å². The number of fused-ring (bicyclic) bond motifs is 1. The van der Waals surface area contributed by atoms with Crippen molar-refractivity contribution in [2.75, 3.05) is 17.2 Å². The Balaban J connectivity index is 1.89. The van der Waals surface area contributed by atoms with E-state index in [1.807, 2.05) is 0 Å². The predicted molar refractivity (Wildman–Crippen MR) is 82.0 cm³/mol. The first-order valence-electron chi connectivity index (χ1n) is 6.86. The third-order valence-corrected chi connectivity index (χ3v) is 4.49. The molecule has 0 saturated heterocycles. The summed E-state index contributed by atoms with van der Waals surface area (Å²) >= 11 is 1.67. The summed E-state index contributed by atoms with van der Waals surface area (Å²) in [6, 6.07) is 2.63. The third-order valence-electron chi connectivity index (χ3n) is 3.68. The van der Waals surface area contributed by atoms with Gasteiger partial charge >= 0.3 is 0 Å². The van der Waals surface area contributed by atoms with E-state index in [0.29, 0.717) is 11.5 Å². The van der Waals surface area contributed by atoms with E-state index in [4.69, 9.17) is 0 Å². The molecule has 1 aliphatic carbocycles. The van der Waals surface area contributed by atoms with Crippen molar-refractivity contribution >= 4 is 33.3 Å². The van der Waals surface area contributed by atoms with E-state index in [1.165, 1.54) is 6.42 Å².